The number of benzene rings is 1. The van der Waals surface area contributed by atoms with Crippen LogP contribution in [-0.4, -0.2) is 30.3 Å². The maximum atomic E-state index is 15.5. The number of carbonyl (C=O) groups is 2. The van der Waals surface area contributed by atoms with Gasteiger partial charge in [-0.1, -0.05) is 55.5 Å². The lowest BCUT2D eigenvalue weighted by molar-refractivity contribution is -0.680. The zero-order valence-electron chi connectivity index (χ0n) is 16.6. The summed E-state index contributed by atoms with van der Waals surface area (Å²) in [6.07, 6.45) is 4.97. The molecule has 146 valence electrons. The molecule has 1 heterocycles. The fourth-order valence-corrected chi connectivity index (χ4v) is 4.03. The molecule has 3 unspecified atom stereocenters. The first kappa shape index (κ1) is 21.2. The third kappa shape index (κ3) is 5.01. The number of alkyl halides is 1. The number of carbonyl (C=O) groups excluding carboxylic acids is 2. The van der Waals surface area contributed by atoms with Crippen LogP contribution in [0.3, 0.4) is 0 Å². The number of quaternary nitrogens is 1. The summed E-state index contributed by atoms with van der Waals surface area (Å²) < 4.78 is 15.5. The largest absolute Gasteiger partial charge is 0.346 e. The Bertz CT molecular complexity index is 740. The summed E-state index contributed by atoms with van der Waals surface area (Å²) in [5, 5.41) is 2.17. The van der Waals surface area contributed by atoms with Crippen molar-refractivity contribution < 1.29 is 19.3 Å². The predicted octanol–water partition coefficient (Wildman–Crippen LogP) is 3.91. The lowest BCUT2D eigenvalue weighted by Crippen LogP contribution is -2.91. The molecule has 3 nitrogen and oxygen atoms in total. The van der Waals surface area contributed by atoms with Crippen molar-refractivity contribution in [2.24, 2.45) is 11.8 Å². The molecule has 0 spiro atoms. The quantitative estimate of drug-likeness (QED) is 0.556. The summed E-state index contributed by atoms with van der Waals surface area (Å²) in [7, 11) is 0. The highest BCUT2D eigenvalue weighted by atomic mass is 19.1. The van der Waals surface area contributed by atoms with Crippen LogP contribution in [0.25, 0.3) is 0 Å². The van der Waals surface area contributed by atoms with Crippen molar-refractivity contribution in [3.63, 3.8) is 0 Å². The second-order valence-corrected chi connectivity index (χ2v) is 7.68. The van der Waals surface area contributed by atoms with Gasteiger partial charge in [-0.2, -0.15) is 0 Å². The molecule has 4 heteroatoms. The third-order valence-corrected chi connectivity index (χ3v) is 5.64. The zero-order chi connectivity index (χ0) is 20.0. The van der Waals surface area contributed by atoms with Crippen molar-refractivity contribution in [1.82, 2.24) is 0 Å². The van der Waals surface area contributed by atoms with Gasteiger partial charge in [-0.05, 0) is 26.7 Å². The molecule has 0 saturated carbocycles. The van der Waals surface area contributed by atoms with Crippen molar-refractivity contribution in [1.29, 1.82) is 0 Å². The Balaban J connectivity index is 2.00. The molecule has 27 heavy (non-hydrogen) atoms. The monoisotopic (exact) mass is 372 g/mol. The first-order chi connectivity index (χ1) is 12.8. The fourth-order valence-electron chi connectivity index (χ4n) is 4.03. The van der Waals surface area contributed by atoms with E-state index in [0.717, 1.165) is 18.7 Å². The molecule has 1 aromatic carbocycles. The van der Waals surface area contributed by atoms with Gasteiger partial charge in [-0.15, -0.1) is 0 Å². The van der Waals surface area contributed by atoms with E-state index < -0.39 is 5.67 Å². The minimum absolute atomic E-state index is 0.0372. The van der Waals surface area contributed by atoms with Crippen LogP contribution in [0.4, 0.5) is 4.39 Å². The van der Waals surface area contributed by atoms with Crippen molar-refractivity contribution in [3.05, 3.63) is 59.7 Å². The van der Waals surface area contributed by atoms with Crippen molar-refractivity contribution >= 4 is 11.6 Å². The first-order valence-electron chi connectivity index (χ1n) is 9.73. The Morgan fingerprint density at radius 3 is 2.59 bits per heavy atom. The van der Waals surface area contributed by atoms with Crippen molar-refractivity contribution in [2.45, 2.75) is 45.7 Å². The topological polar surface area (TPSA) is 50.8 Å². The van der Waals surface area contributed by atoms with E-state index in [9.17, 15) is 9.59 Å². The van der Waals surface area contributed by atoms with E-state index in [2.05, 4.69) is 11.9 Å². The summed E-state index contributed by atoms with van der Waals surface area (Å²) in [6.45, 7) is 10.9. The van der Waals surface area contributed by atoms with Gasteiger partial charge in [-0.25, -0.2) is 4.39 Å². The Morgan fingerprint density at radius 2 is 1.96 bits per heavy atom. The summed E-state index contributed by atoms with van der Waals surface area (Å²) in [4.78, 5) is 24.3. The Morgan fingerprint density at radius 1 is 1.30 bits per heavy atom. The molecule has 0 aromatic heterocycles. The highest BCUT2D eigenvalue weighted by Gasteiger charge is 2.46. The second kappa shape index (κ2) is 9.23. The minimum Gasteiger partial charge on any atom is -0.346 e. The highest BCUT2D eigenvalue weighted by molar-refractivity contribution is 6.08. The van der Waals surface area contributed by atoms with Crippen LogP contribution in [0, 0.1) is 11.8 Å². The van der Waals surface area contributed by atoms with Crippen LogP contribution in [0.15, 0.2) is 48.6 Å². The molecule has 2 N–H and O–H groups in total. The van der Waals surface area contributed by atoms with Crippen LogP contribution < -0.4 is 5.32 Å². The molecular weight excluding hydrogens is 341 g/mol. The van der Waals surface area contributed by atoms with E-state index in [1.54, 1.807) is 36.4 Å². The normalized spacial score (nSPS) is 25.5. The molecule has 0 bridgehead atoms. The van der Waals surface area contributed by atoms with E-state index in [1.165, 1.54) is 6.92 Å². The number of Topliss-reactive ketones (excluding diaryl/α,β-unsaturated/α-hetero) is 2. The molecule has 0 radical (unpaired) electrons. The molecule has 1 aromatic rings. The third-order valence-electron chi connectivity index (χ3n) is 5.64. The van der Waals surface area contributed by atoms with Gasteiger partial charge in [0, 0.05) is 29.4 Å². The standard InChI is InChI=1S/C23H30FNO2/c1-5-12-23(24)17(3)14-25-15-19(23)11-10-16(2)13-22(27)21-9-7-6-8-20(21)18(4)26/h5-9,12,17,19,25H,2,10-11,13-15H2,1,3-4H3/p+1/b12-5+. The van der Waals surface area contributed by atoms with E-state index in [1.807, 2.05) is 13.8 Å². The molecule has 3 atom stereocenters. The van der Waals surface area contributed by atoms with E-state index in [4.69, 9.17) is 0 Å². The summed E-state index contributed by atoms with van der Waals surface area (Å²) in [5.74, 6) is -0.349. The summed E-state index contributed by atoms with van der Waals surface area (Å²) in [6, 6.07) is 6.87. The highest BCUT2D eigenvalue weighted by Crippen LogP contribution is 2.36. The number of halogens is 1. The van der Waals surface area contributed by atoms with E-state index in [0.29, 0.717) is 24.0 Å². The second-order valence-electron chi connectivity index (χ2n) is 7.68. The molecule has 1 aliphatic heterocycles. The molecule has 2 rings (SSSR count). The molecule has 0 amide bonds. The molecule has 0 aliphatic carbocycles. The number of hydrogen-bond acceptors (Lipinski definition) is 2. The van der Waals surface area contributed by atoms with Crippen LogP contribution in [0.1, 0.15) is 60.7 Å². The van der Waals surface area contributed by atoms with Gasteiger partial charge >= 0.3 is 0 Å². The lowest BCUT2D eigenvalue weighted by atomic mass is 9.73. The number of rotatable bonds is 8. The van der Waals surface area contributed by atoms with Gasteiger partial charge in [0.2, 0.25) is 0 Å². The number of ketones is 2. The summed E-state index contributed by atoms with van der Waals surface area (Å²) in [5.41, 5.74) is 0.385. The zero-order valence-corrected chi connectivity index (χ0v) is 16.6. The van der Waals surface area contributed by atoms with Gasteiger partial charge in [0.25, 0.3) is 0 Å². The predicted molar refractivity (Wildman–Crippen MR) is 107 cm³/mol. The number of allylic oxidation sites excluding steroid dienone is 3. The maximum Gasteiger partial charge on any atom is 0.167 e. The number of nitrogens with two attached hydrogens (primary N) is 1. The average Bonchev–Trinajstić information content (AvgIpc) is 2.63. The SMILES string of the molecule is C=C(CCC1C[NH2+]CC(C)C1(F)/C=C/C)CC(=O)c1ccccc1C(C)=O. The van der Waals surface area contributed by atoms with Gasteiger partial charge in [0.15, 0.2) is 11.6 Å². The molecule has 1 fully saturated rings. The van der Waals surface area contributed by atoms with Crippen LogP contribution in [0.2, 0.25) is 0 Å². The van der Waals surface area contributed by atoms with Crippen LogP contribution >= 0.6 is 0 Å². The summed E-state index contributed by atoms with van der Waals surface area (Å²) >= 11 is 0. The minimum atomic E-state index is -1.30. The van der Waals surface area contributed by atoms with Crippen LogP contribution in [-0.2, 0) is 0 Å². The Hall–Kier alpha value is -2.07. The average molecular weight is 373 g/mol. The smallest absolute Gasteiger partial charge is 0.167 e. The van der Waals surface area contributed by atoms with Gasteiger partial charge in [-0.3, -0.25) is 9.59 Å². The number of hydrogen-bond donors (Lipinski definition) is 1. The first-order valence-corrected chi connectivity index (χ1v) is 9.73. The number of piperidine rings is 1. The Labute approximate surface area is 161 Å². The molecule has 1 saturated heterocycles. The fraction of sp³-hybridized carbons (Fsp3) is 0.478. The Kier molecular flexibility index (Phi) is 7.25. The maximum absolute atomic E-state index is 15.5. The van der Waals surface area contributed by atoms with Crippen molar-refractivity contribution in [2.75, 3.05) is 13.1 Å². The van der Waals surface area contributed by atoms with E-state index >= 15 is 4.39 Å². The molecule has 1 aliphatic rings. The van der Waals surface area contributed by atoms with Crippen LogP contribution in [0.5, 0.6) is 0 Å². The van der Waals surface area contributed by atoms with Crippen molar-refractivity contribution in [3.8, 4) is 0 Å². The van der Waals surface area contributed by atoms with Gasteiger partial charge in [0.1, 0.15) is 5.67 Å². The molecular formula is C23H31FNO2+. The van der Waals surface area contributed by atoms with Gasteiger partial charge in [0.05, 0.1) is 13.1 Å². The lowest BCUT2D eigenvalue weighted by Gasteiger charge is -2.39. The van der Waals surface area contributed by atoms with E-state index in [-0.39, 0.29) is 29.8 Å². The van der Waals surface area contributed by atoms with Gasteiger partial charge < -0.3 is 5.32 Å².